The number of ether oxygens (including phenoxy) is 1. The lowest BCUT2D eigenvalue weighted by Crippen LogP contribution is -2.32. The van der Waals surface area contributed by atoms with E-state index in [-0.39, 0.29) is 12.7 Å². The molecule has 0 aromatic heterocycles. The summed E-state index contributed by atoms with van der Waals surface area (Å²) in [6.07, 6.45) is 0.930. The molecule has 0 saturated heterocycles. The van der Waals surface area contributed by atoms with Crippen molar-refractivity contribution in [1.29, 1.82) is 0 Å². The van der Waals surface area contributed by atoms with Gasteiger partial charge >= 0.3 is 0 Å². The van der Waals surface area contributed by atoms with Gasteiger partial charge in [0.15, 0.2) is 0 Å². The highest BCUT2D eigenvalue weighted by molar-refractivity contribution is 5.95. The molecule has 0 bridgehead atoms. The van der Waals surface area contributed by atoms with Crippen LogP contribution in [0.15, 0.2) is 35.3 Å². The molecule has 1 aromatic carbocycles. The number of aliphatic hydroxyl groups excluding tert-OH is 1. The fourth-order valence-electron chi connectivity index (χ4n) is 2.03. The van der Waals surface area contributed by atoms with Gasteiger partial charge in [-0.1, -0.05) is 18.2 Å². The van der Waals surface area contributed by atoms with E-state index >= 15 is 0 Å². The van der Waals surface area contributed by atoms with Crippen molar-refractivity contribution in [1.82, 2.24) is 4.90 Å². The molecule has 0 radical (unpaired) electrons. The van der Waals surface area contributed by atoms with Gasteiger partial charge in [0.1, 0.15) is 6.10 Å². The van der Waals surface area contributed by atoms with E-state index in [0.717, 1.165) is 31.0 Å². The molecule has 98 valence electrons. The highest BCUT2D eigenvalue weighted by atomic mass is 16.5. The van der Waals surface area contributed by atoms with E-state index in [0.29, 0.717) is 6.54 Å². The van der Waals surface area contributed by atoms with Crippen molar-refractivity contribution in [2.45, 2.75) is 12.5 Å². The van der Waals surface area contributed by atoms with Gasteiger partial charge in [0.05, 0.1) is 6.54 Å². The van der Waals surface area contributed by atoms with Gasteiger partial charge in [0, 0.05) is 25.3 Å². The summed E-state index contributed by atoms with van der Waals surface area (Å²) in [6.45, 7) is 2.69. The number of hydrogen-bond donors (Lipinski definition) is 1. The fourth-order valence-corrected chi connectivity index (χ4v) is 2.03. The average molecular weight is 248 g/mol. The number of likely N-dealkylation sites (N-methyl/N-ethyl adjacent to an activating group) is 1. The Hall–Kier alpha value is -1.39. The third-order valence-electron chi connectivity index (χ3n) is 2.95. The molecule has 18 heavy (non-hydrogen) atoms. The third kappa shape index (κ3) is 3.55. The van der Waals surface area contributed by atoms with Gasteiger partial charge in [-0.3, -0.25) is 0 Å². The molecule has 1 heterocycles. The van der Waals surface area contributed by atoms with Gasteiger partial charge in [-0.25, -0.2) is 4.99 Å². The van der Waals surface area contributed by atoms with E-state index in [4.69, 9.17) is 9.84 Å². The van der Waals surface area contributed by atoms with Gasteiger partial charge in [-0.2, -0.15) is 0 Å². The maximum absolute atomic E-state index is 8.79. The zero-order chi connectivity index (χ0) is 12.8. The van der Waals surface area contributed by atoms with E-state index in [1.54, 1.807) is 0 Å². The number of benzene rings is 1. The molecule has 1 aromatic rings. The summed E-state index contributed by atoms with van der Waals surface area (Å²) in [5.41, 5.74) is 1.04. The third-order valence-corrected chi connectivity index (χ3v) is 2.95. The van der Waals surface area contributed by atoms with Crippen LogP contribution in [0.25, 0.3) is 0 Å². The van der Waals surface area contributed by atoms with E-state index in [1.807, 2.05) is 37.4 Å². The molecular weight excluding hydrogens is 228 g/mol. The molecule has 4 nitrogen and oxygen atoms in total. The minimum atomic E-state index is 0.129. The van der Waals surface area contributed by atoms with Crippen molar-refractivity contribution in [2.24, 2.45) is 4.99 Å². The molecule has 0 spiro atoms. The van der Waals surface area contributed by atoms with Crippen molar-refractivity contribution in [3.8, 4) is 0 Å². The lowest BCUT2D eigenvalue weighted by Gasteiger charge is -2.20. The predicted molar refractivity (Wildman–Crippen MR) is 71.9 cm³/mol. The zero-order valence-corrected chi connectivity index (χ0v) is 10.7. The summed E-state index contributed by atoms with van der Waals surface area (Å²) in [5.74, 6) is 0.746. The first-order valence-electron chi connectivity index (χ1n) is 6.35. The quantitative estimate of drug-likeness (QED) is 0.821. The molecule has 0 fully saturated rings. The second kappa shape index (κ2) is 6.52. The summed E-state index contributed by atoms with van der Waals surface area (Å²) >= 11 is 0. The zero-order valence-electron chi connectivity index (χ0n) is 10.7. The number of nitrogens with zero attached hydrogens (tertiary/aromatic N) is 2. The van der Waals surface area contributed by atoms with Crippen molar-refractivity contribution in [3.05, 3.63) is 35.9 Å². The standard InChI is InChI=1S/C14H20N2O2/c1-16(8-5-9-17)11-13-10-15-14(18-13)12-6-3-2-4-7-12/h2-4,6-7,13,17H,5,8-11H2,1H3. The van der Waals surface area contributed by atoms with Crippen LogP contribution in [-0.2, 0) is 4.74 Å². The Balaban J connectivity index is 1.81. The Morgan fingerprint density at radius 2 is 2.17 bits per heavy atom. The molecule has 0 amide bonds. The summed E-state index contributed by atoms with van der Waals surface area (Å²) in [7, 11) is 2.04. The monoisotopic (exact) mass is 248 g/mol. The number of aliphatic imine (C=N–C) groups is 1. The van der Waals surface area contributed by atoms with Crippen LogP contribution >= 0.6 is 0 Å². The smallest absolute Gasteiger partial charge is 0.216 e. The Labute approximate surface area is 108 Å². The normalized spacial score (nSPS) is 18.8. The van der Waals surface area contributed by atoms with Gasteiger partial charge in [-0.05, 0) is 25.6 Å². The molecule has 1 aliphatic heterocycles. The second-order valence-corrected chi connectivity index (χ2v) is 4.59. The first-order valence-corrected chi connectivity index (χ1v) is 6.35. The lowest BCUT2D eigenvalue weighted by molar-refractivity contribution is 0.156. The van der Waals surface area contributed by atoms with Crippen molar-refractivity contribution >= 4 is 5.90 Å². The fraction of sp³-hybridized carbons (Fsp3) is 0.500. The topological polar surface area (TPSA) is 45.1 Å². The van der Waals surface area contributed by atoms with Gasteiger partial charge in [0.25, 0.3) is 0 Å². The highest BCUT2D eigenvalue weighted by Gasteiger charge is 2.21. The maximum Gasteiger partial charge on any atom is 0.216 e. The summed E-state index contributed by atoms with van der Waals surface area (Å²) < 4.78 is 5.84. The van der Waals surface area contributed by atoms with Gasteiger partial charge in [-0.15, -0.1) is 0 Å². The molecule has 1 unspecified atom stereocenters. The molecule has 2 rings (SSSR count). The first-order chi connectivity index (χ1) is 8.79. The summed E-state index contributed by atoms with van der Waals surface area (Å²) in [4.78, 5) is 6.61. The molecular formula is C14H20N2O2. The molecule has 1 aliphatic rings. The van der Waals surface area contributed by atoms with Crippen LogP contribution < -0.4 is 0 Å². The van der Waals surface area contributed by atoms with E-state index in [1.165, 1.54) is 0 Å². The van der Waals surface area contributed by atoms with Crippen molar-refractivity contribution in [2.75, 3.05) is 33.3 Å². The number of rotatable bonds is 6. The lowest BCUT2D eigenvalue weighted by atomic mass is 10.2. The highest BCUT2D eigenvalue weighted by Crippen LogP contribution is 2.12. The Morgan fingerprint density at radius 1 is 1.39 bits per heavy atom. The maximum atomic E-state index is 8.79. The second-order valence-electron chi connectivity index (χ2n) is 4.59. The van der Waals surface area contributed by atoms with Crippen LogP contribution in [0.2, 0.25) is 0 Å². The van der Waals surface area contributed by atoms with Gasteiger partial charge in [0.2, 0.25) is 5.90 Å². The van der Waals surface area contributed by atoms with E-state index in [9.17, 15) is 0 Å². The summed E-state index contributed by atoms with van der Waals surface area (Å²) in [5, 5.41) is 8.79. The minimum Gasteiger partial charge on any atom is -0.471 e. The predicted octanol–water partition coefficient (Wildman–Crippen LogP) is 1.15. The van der Waals surface area contributed by atoms with Crippen LogP contribution in [0.4, 0.5) is 0 Å². The first kappa shape index (κ1) is 13.1. The van der Waals surface area contributed by atoms with Crippen LogP contribution in [0, 0.1) is 0 Å². The average Bonchev–Trinajstić information content (AvgIpc) is 2.86. The minimum absolute atomic E-state index is 0.129. The van der Waals surface area contributed by atoms with Gasteiger partial charge < -0.3 is 14.7 Å². The molecule has 0 aliphatic carbocycles. The Bertz CT molecular complexity index is 392. The molecule has 0 saturated carbocycles. The largest absolute Gasteiger partial charge is 0.471 e. The molecule has 1 N–H and O–H groups in total. The van der Waals surface area contributed by atoms with Crippen LogP contribution in [0.5, 0.6) is 0 Å². The Kier molecular flexibility index (Phi) is 4.73. The Morgan fingerprint density at radius 3 is 2.89 bits per heavy atom. The number of aliphatic hydroxyl groups is 1. The van der Waals surface area contributed by atoms with E-state index in [2.05, 4.69) is 9.89 Å². The van der Waals surface area contributed by atoms with Crippen LogP contribution in [-0.4, -0.2) is 55.3 Å². The van der Waals surface area contributed by atoms with Crippen molar-refractivity contribution in [3.63, 3.8) is 0 Å². The SMILES string of the molecule is CN(CCCO)CC1CN=C(c2ccccc2)O1. The van der Waals surface area contributed by atoms with Crippen LogP contribution in [0.3, 0.4) is 0 Å². The summed E-state index contributed by atoms with van der Waals surface area (Å²) in [6, 6.07) is 9.98. The van der Waals surface area contributed by atoms with Crippen molar-refractivity contribution < 1.29 is 9.84 Å². The molecule has 4 heteroatoms. The molecule has 1 atom stereocenters. The van der Waals surface area contributed by atoms with E-state index < -0.39 is 0 Å². The van der Waals surface area contributed by atoms with Crippen LogP contribution in [0.1, 0.15) is 12.0 Å². The number of hydrogen-bond acceptors (Lipinski definition) is 4.